The third-order valence-corrected chi connectivity index (χ3v) is 7.16. The average Bonchev–Trinajstić information content (AvgIpc) is 3.75. The molecule has 9 aromatic rings. The first kappa shape index (κ1) is 11.3. The Balaban J connectivity index is 1.32. The molecule has 0 aliphatic rings. The van der Waals surface area contributed by atoms with E-state index in [2.05, 4.69) is 0 Å². The predicted octanol–water partition coefficient (Wildman–Crippen LogP) is 12.7. The van der Waals surface area contributed by atoms with Crippen molar-refractivity contribution in [1.29, 1.82) is 0 Å². The fourth-order valence-electron chi connectivity index (χ4n) is 5.05. The van der Waals surface area contributed by atoms with Crippen molar-refractivity contribution in [3.8, 4) is 22.3 Å². The lowest BCUT2D eigenvalue weighted by Gasteiger charge is -2.26. The lowest BCUT2D eigenvalue weighted by Crippen LogP contribution is -2.09. The van der Waals surface area contributed by atoms with Crippen molar-refractivity contribution in [3.05, 3.63) is 175 Å². The van der Waals surface area contributed by atoms with Crippen LogP contribution in [0.15, 0.2) is 180 Å². The maximum atomic E-state index is 9.48. The Hall–Kier alpha value is -6.12. The molecule has 8 aromatic carbocycles. The minimum atomic E-state index is -0.957. The summed E-state index contributed by atoms with van der Waals surface area (Å²) in [6.45, 7) is 0. The fraction of sp³-hybridized carbons (Fsp3) is 0. The fourth-order valence-corrected chi connectivity index (χ4v) is 5.05. The molecule has 0 radical (unpaired) electrons. The first-order valence-electron chi connectivity index (χ1n) is 26.2. The van der Waals surface area contributed by atoms with E-state index in [4.69, 9.17) is 31.8 Å². The summed E-state index contributed by atoms with van der Waals surface area (Å²) in [5.41, 5.74) is -4.02. The standard InChI is InChI=1S/C44H29NO/c1-2-10-37(11-3-1)45(38-23-18-31(19-24-38)35-16-14-30-8-4-5-9-34(30)28-35)39-25-20-32(21-26-39)36-17-15-33-22-27-43-44(41(33)29-36)40-12-6-7-13-42(40)46-43/h1-29H/i1D,2D,3D,4D,5D,6D,7D,8D,9D,10D,11D,12D,13D,14D,15D,16D,17D,18D,19D,22D,23D,24D,27D,28D,29D. The van der Waals surface area contributed by atoms with Crippen molar-refractivity contribution in [1.82, 2.24) is 0 Å². The minimum absolute atomic E-state index is 0.00539. The normalized spacial score (nSPS) is 19.1. The van der Waals surface area contributed by atoms with Gasteiger partial charge in [-0.2, -0.15) is 0 Å². The monoisotopic (exact) mass is 612 g/mol. The van der Waals surface area contributed by atoms with Crippen LogP contribution in [0.2, 0.25) is 0 Å². The number of hydrogen-bond donors (Lipinski definition) is 0. The number of furan rings is 1. The van der Waals surface area contributed by atoms with Gasteiger partial charge < -0.3 is 9.32 Å². The van der Waals surface area contributed by atoms with Crippen LogP contribution in [0.1, 0.15) is 34.3 Å². The topological polar surface area (TPSA) is 16.4 Å². The van der Waals surface area contributed by atoms with Gasteiger partial charge in [-0.3, -0.25) is 0 Å². The highest BCUT2D eigenvalue weighted by Crippen LogP contribution is 2.39. The number of rotatable bonds is 5. The van der Waals surface area contributed by atoms with Crippen LogP contribution >= 0.6 is 0 Å². The summed E-state index contributed by atoms with van der Waals surface area (Å²) in [5.74, 6) is 0. The van der Waals surface area contributed by atoms with Crippen LogP contribution in [0.5, 0.6) is 0 Å². The van der Waals surface area contributed by atoms with E-state index in [1.807, 2.05) is 0 Å². The molecule has 0 aliphatic heterocycles. The van der Waals surface area contributed by atoms with Gasteiger partial charge in [-0.25, -0.2) is 0 Å². The van der Waals surface area contributed by atoms with Crippen molar-refractivity contribution < 1.29 is 38.7 Å². The quantitative estimate of drug-likeness (QED) is 0.192. The lowest BCUT2D eigenvalue weighted by molar-refractivity contribution is 0.669. The molecule has 0 saturated heterocycles. The van der Waals surface area contributed by atoms with Crippen LogP contribution in [-0.4, -0.2) is 0 Å². The molecule has 0 atom stereocenters. The van der Waals surface area contributed by atoms with E-state index in [9.17, 15) is 6.85 Å². The molecular weight excluding hydrogens is 558 g/mol. The molecule has 0 spiro atoms. The third kappa shape index (κ3) is 4.51. The van der Waals surface area contributed by atoms with E-state index >= 15 is 0 Å². The number of benzene rings is 8. The van der Waals surface area contributed by atoms with E-state index in [0.717, 1.165) is 4.90 Å². The Labute approximate surface area is 302 Å². The van der Waals surface area contributed by atoms with Gasteiger partial charge in [0, 0.05) is 27.8 Å². The van der Waals surface area contributed by atoms with Crippen LogP contribution in [0.4, 0.5) is 17.1 Å². The SMILES string of the molecule is [2H]c1c([2H])c([2H])c(N(c2ccc(-c3c([2H])c([2H])c4c([2H])c([2H])c5oc6c([2H])c([2H])c([2H])c([2H])c6c5c4c3[2H])cc2)c2c([2H])c([2H])c(-c3c([2H])c([2H])c4c([2H])c([2H])c([2H])c([2H])c4c3[2H])c([2H])c2[2H])c([2H])c1[2H]. The molecule has 0 bridgehead atoms. The first-order valence-corrected chi connectivity index (χ1v) is 13.7. The zero-order chi connectivity index (χ0) is 52.2. The second-order valence-corrected chi connectivity index (χ2v) is 9.84. The molecule has 9 rings (SSSR count). The van der Waals surface area contributed by atoms with Gasteiger partial charge in [-0.05, 0) is 104 Å². The molecule has 0 amide bonds. The zero-order valence-corrected chi connectivity index (χ0v) is 23.2. The average molecular weight is 613 g/mol. The smallest absolute Gasteiger partial charge is 0.136 e. The van der Waals surface area contributed by atoms with Gasteiger partial charge in [-0.1, -0.05) is 115 Å². The molecule has 216 valence electrons. The van der Waals surface area contributed by atoms with E-state index in [-0.39, 0.29) is 49.5 Å². The molecule has 46 heavy (non-hydrogen) atoms. The van der Waals surface area contributed by atoms with Gasteiger partial charge in [0.25, 0.3) is 0 Å². The lowest BCUT2D eigenvalue weighted by atomic mass is 9.98. The van der Waals surface area contributed by atoms with Gasteiger partial charge in [0.2, 0.25) is 0 Å². The molecule has 2 nitrogen and oxygen atoms in total. The highest BCUT2D eigenvalue weighted by atomic mass is 16.3. The van der Waals surface area contributed by atoms with Crippen molar-refractivity contribution in [2.45, 2.75) is 0 Å². The van der Waals surface area contributed by atoms with Crippen molar-refractivity contribution in [2.75, 3.05) is 4.90 Å². The molecule has 2 heteroatoms. The number of anilines is 3. The zero-order valence-electron chi connectivity index (χ0n) is 48.2. The summed E-state index contributed by atoms with van der Waals surface area (Å²) in [6.07, 6.45) is 0. The van der Waals surface area contributed by atoms with E-state index in [1.165, 1.54) is 24.3 Å². The number of para-hydroxylation sites is 2. The molecule has 0 N–H and O–H groups in total. The van der Waals surface area contributed by atoms with Crippen LogP contribution < -0.4 is 4.90 Å². The third-order valence-electron chi connectivity index (χ3n) is 7.16. The Kier molecular flexibility index (Phi) is 2.66. The van der Waals surface area contributed by atoms with E-state index < -0.39 is 184 Å². The summed E-state index contributed by atoms with van der Waals surface area (Å²) in [7, 11) is 0. The van der Waals surface area contributed by atoms with Crippen LogP contribution in [0, 0.1) is 0 Å². The number of nitrogens with zero attached hydrogens (tertiary/aromatic N) is 1. The first-order chi connectivity index (χ1) is 33.2. The van der Waals surface area contributed by atoms with Gasteiger partial charge in [0.15, 0.2) is 0 Å². The molecular formula is C44H29NO. The Morgan fingerprint density at radius 1 is 0.391 bits per heavy atom. The summed E-state index contributed by atoms with van der Waals surface area (Å²) in [6, 6.07) is -14.1. The van der Waals surface area contributed by atoms with Crippen LogP contribution in [-0.2, 0) is 0 Å². The van der Waals surface area contributed by atoms with Crippen molar-refractivity contribution >= 4 is 60.5 Å². The molecule has 0 aliphatic carbocycles. The Morgan fingerprint density at radius 3 is 1.85 bits per heavy atom. The summed E-state index contributed by atoms with van der Waals surface area (Å²) < 4.78 is 224. The Bertz CT molecular complexity index is 3880. The minimum Gasteiger partial charge on any atom is -0.456 e. The van der Waals surface area contributed by atoms with Gasteiger partial charge in [0.05, 0.1) is 34.3 Å². The summed E-state index contributed by atoms with van der Waals surface area (Å²) in [5, 5.41) is -2.03. The number of fused-ring (bicyclic) bond motifs is 6. The highest BCUT2D eigenvalue weighted by molar-refractivity contribution is 6.19. The molecule has 1 heterocycles. The van der Waals surface area contributed by atoms with Crippen molar-refractivity contribution in [2.24, 2.45) is 0 Å². The molecule has 1 aromatic heterocycles. The van der Waals surface area contributed by atoms with Gasteiger partial charge in [0.1, 0.15) is 11.2 Å². The molecule has 0 saturated carbocycles. The Morgan fingerprint density at radius 2 is 1.02 bits per heavy atom. The second-order valence-electron chi connectivity index (χ2n) is 9.84. The largest absolute Gasteiger partial charge is 0.456 e. The van der Waals surface area contributed by atoms with Crippen molar-refractivity contribution in [3.63, 3.8) is 0 Å². The maximum Gasteiger partial charge on any atom is 0.136 e. The highest BCUT2D eigenvalue weighted by Gasteiger charge is 2.14. The summed E-state index contributed by atoms with van der Waals surface area (Å²) in [4.78, 5) is 0.834. The second kappa shape index (κ2) is 10.8. The summed E-state index contributed by atoms with van der Waals surface area (Å²) >= 11 is 0. The molecule has 0 unspecified atom stereocenters. The van der Waals surface area contributed by atoms with Gasteiger partial charge >= 0.3 is 0 Å². The van der Waals surface area contributed by atoms with E-state index in [1.54, 1.807) is 0 Å². The van der Waals surface area contributed by atoms with Gasteiger partial charge in [-0.15, -0.1) is 0 Å². The van der Waals surface area contributed by atoms with Crippen LogP contribution in [0.3, 0.4) is 0 Å². The molecule has 0 fully saturated rings. The van der Waals surface area contributed by atoms with Crippen LogP contribution in [0.25, 0.3) is 65.7 Å². The van der Waals surface area contributed by atoms with E-state index in [0.29, 0.717) is 0 Å². The predicted molar refractivity (Wildman–Crippen MR) is 194 cm³/mol. The maximum absolute atomic E-state index is 9.48. The number of hydrogen-bond acceptors (Lipinski definition) is 2.